The number of aromatic nitrogens is 5. The van der Waals surface area contributed by atoms with Gasteiger partial charge in [0.25, 0.3) is 0 Å². The molecule has 1 saturated carbocycles. The minimum absolute atomic E-state index is 0.196. The number of morpholine rings is 1. The van der Waals surface area contributed by atoms with E-state index < -0.39 is 0 Å². The van der Waals surface area contributed by atoms with Crippen molar-refractivity contribution in [2.24, 2.45) is 5.92 Å². The van der Waals surface area contributed by atoms with Gasteiger partial charge in [0.2, 0.25) is 0 Å². The Morgan fingerprint density at radius 2 is 1.67 bits per heavy atom. The van der Waals surface area contributed by atoms with Crippen LogP contribution in [0, 0.1) is 5.92 Å². The lowest BCUT2D eigenvalue weighted by atomic mass is 9.84. The van der Waals surface area contributed by atoms with Crippen molar-refractivity contribution in [2.75, 3.05) is 31.2 Å². The number of ether oxygens (including phenoxy) is 2. The molecular formula is C25H28N6O2. The van der Waals surface area contributed by atoms with Crippen molar-refractivity contribution >= 4 is 22.4 Å². The summed E-state index contributed by atoms with van der Waals surface area (Å²) in [6.45, 7) is 3.27. The van der Waals surface area contributed by atoms with E-state index in [1.807, 2.05) is 29.2 Å². The summed E-state index contributed by atoms with van der Waals surface area (Å²) in [6.07, 6.45) is 16.6. The summed E-state index contributed by atoms with van der Waals surface area (Å²) >= 11 is 0. The summed E-state index contributed by atoms with van der Waals surface area (Å²) in [5.41, 5.74) is 4.91. The van der Waals surface area contributed by atoms with Crippen LogP contribution in [0.25, 0.3) is 16.7 Å². The molecule has 8 nitrogen and oxygen atoms in total. The molecular weight excluding hydrogens is 416 g/mol. The third-order valence-electron chi connectivity index (χ3n) is 6.85. The van der Waals surface area contributed by atoms with Gasteiger partial charge in [-0.25, -0.2) is 9.97 Å². The van der Waals surface area contributed by atoms with Gasteiger partial charge in [0.15, 0.2) is 5.65 Å². The molecule has 0 radical (unpaired) electrons. The standard InChI is InChI=1S/C25H28N6O2/c1-3-20(4-2-18(1)15-22-25-29-8-10-31(25)9-7-27-22)33-23-17-19(30-11-13-32-14-12-30)16-21-24(23)28-6-5-26-21/h5-10,16-18,20H,1-4,11-15H2. The Labute approximate surface area is 192 Å². The minimum Gasteiger partial charge on any atom is -0.488 e. The van der Waals surface area contributed by atoms with Crippen LogP contribution >= 0.6 is 0 Å². The fraction of sp³-hybridized carbons (Fsp3) is 0.440. The highest BCUT2D eigenvalue weighted by Crippen LogP contribution is 2.34. The second kappa shape index (κ2) is 8.94. The van der Waals surface area contributed by atoms with E-state index in [4.69, 9.17) is 9.47 Å². The fourth-order valence-electron chi connectivity index (χ4n) is 5.08. The van der Waals surface area contributed by atoms with Crippen molar-refractivity contribution in [3.05, 3.63) is 55.0 Å². The van der Waals surface area contributed by atoms with Gasteiger partial charge in [-0.2, -0.15) is 0 Å². The smallest absolute Gasteiger partial charge is 0.158 e. The maximum absolute atomic E-state index is 6.56. The van der Waals surface area contributed by atoms with E-state index in [0.717, 1.165) is 92.2 Å². The van der Waals surface area contributed by atoms with Gasteiger partial charge in [-0.3, -0.25) is 9.97 Å². The molecule has 0 bridgehead atoms. The third-order valence-corrected chi connectivity index (χ3v) is 6.85. The molecule has 1 saturated heterocycles. The minimum atomic E-state index is 0.196. The predicted molar refractivity (Wildman–Crippen MR) is 126 cm³/mol. The highest BCUT2D eigenvalue weighted by molar-refractivity contribution is 5.85. The molecule has 4 heterocycles. The SMILES string of the molecule is c1cn2ccnc2c(CC2CCC(Oc3cc(N4CCOCC4)cc4nccnc34)CC2)n1. The highest BCUT2D eigenvalue weighted by atomic mass is 16.5. The first-order chi connectivity index (χ1) is 16.3. The van der Waals surface area contributed by atoms with Gasteiger partial charge < -0.3 is 18.8 Å². The molecule has 0 amide bonds. The molecule has 0 unspecified atom stereocenters. The van der Waals surface area contributed by atoms with E-state index in [9.17, 15) is 0 Å². The van der Waals surface area contributed by atoms with Crippen LogP contribution < -0.4 is 9.64 Å². The lowest BCUT2D eigenvalue weighted by Crippen LogP contribution is -2.36. The summed E-state index contributed by atoms with van der Waals surface area (Å²) in [5, 5.41) is 0. The first-order valence-electron chi connectivity index (χ1n) is 11.8. The predicted octanol–water partition coefficient (Wildman–Crippen LogP) is 3.69. The van der Waals surface area contributed by atoms with Crippen LogP contribution in [-0.4, -0.2) is 56.7 Å². The maximum atomic E-state index is 6.56. The van der Waals surface area contributed by atoms with E-state index in [1.54, 1.807) is 12.4 Å². The largest absolute Gasteiger partial charge is 0.488 e. The zero-order valence-corrected chi connectivity index (χ0v) is 18.6. The Morgan fingerprint density at radius 1 is 0.879 bits per heavy atom. The molecule has 3 aromatic heterocycles. The Balaban J connectivity index is 1.16. The number of fused-ring (bicyclic) bond motifs is 2. The van der Waals surface area contributed by atoms with Crippen LogP contribution in [0.3, 0.4) is 0 Å². The van der Waals surface area contributed by atoms with Crippen molar-refractivity contribution < 1.29 is 9.47 Å². The lowest BCUT2D eigenvalue weighted by molar-refractivity contribution is 0.122. The van der Waals surface area contributed by atoms with Crippen molar-refractivity contribution in [1.29, 1.82) is 0 Å². The Kier molecular flexibility index (Phi) is 5.51. The molecule has 1 aromatic carbocycles. The normalized spacial score (nSPS) is 21.5. The summed E-state index contributed by atoms with van der Waals surface area (Å²) in [4.78, 5) is 20.6. The van der Waals surface area contributed by atoms with Gasteiger partial charge in [0.1, 0.15) is 11.3 Å². The Hall–Kier alpha value is -3.26. The summed E-state index contributed by atoms with van der Waals surface area (Å²) in [6, 6.07) is 4.25. The number of imidazole rings is 1. The molecule has 1 aliphatic heterocycles. The second-order valence-electron chi connectivity index (χ2n) is 8.96. The van der Waals surface area contributed by atoms with Gasteiger partial charge in [-0.1, -0.05) is 0 Å². The quantitative estimate of drug-likeness (QED) is 0.465. The van der Waals surface area contributed by atoms with E-state index in [-0.39, 0.29) is 6.10 Å². The molecule has 33 heavy (non-hydrogen) atoms. The van der Waals surface area contributed by atoms with E-state index in [2.05, 4.69) is 37.0 Å². The van der Waals surface area contributed by atoms with Gasteiger partial charge in [0, 0.05) is 62.0 Å². The van der Waals surface area contributed by atoms with Crippen molar-refractivity contribution in [3.63, 3.8) is 0 Å². The molecule has 0 atom stereocenters. The zero-order chi connectivity index (χ0) is 22.0. The summed E-state index contributed by atoms with van der Waals surface area (Å²) in [5.74, 6) is 1.45. The van der Waals surface area contributed by atoms with Gasteiger partial charge in [-0.05, 0) is 44.1 Å². The van der Waals surface area contributed by atoms with Gasteiger partial charge >= 0.3 is 0 Å². The summed E-state index contributed by atoms with van der Waals surface area (Å²) in [7, 11) is 0. The third kappa shape index (κ3) is 4.23. The molecule has 0 spiro atoms. The van der Waals surface area contributed by atoms with Crippen LogP contribution in [0.15, 0.2) is 49.3 Å². The van der Waals surface area contributed by atoms with E-state index in [0.29, 0.717) is 5.92 Å². The van der Waals surface area contributed by atoms with E-state index >= 15 is 0 Å². The van der Waals surface area contributed by atoms with Gasteiger partial charge in [0.05, 0.1) is 30.5 Å². The zero-order valence-electron chi connectivity index (χ0n) is 18.6. The number of hydrogen-bond acceptors (Lipinski definition) is 7. The van der Waals surface area contributed by atoms with Crippen LogP contribution in [0.4, 0.5) is 5.69 Å². The average molecular weight is 445 g/mol. The topological polar surface area (TPSA) is 77.7 Å². The number of hydrogen-bond donors (Lipinski definition) is 0. The van der Waals surface area contributed by atoms with Crippen molar-refractivity contribution in [2.45, 2.75) is 38.2 Å². The average Bonchev–Trinajstić information content (AvgIpc) is 3.36. The molecule has 8 heteroatoms. The Bertz CT molecular complexity index is 1240. The Morgan fingerprint density at radius 3 is 2.52 bits per heavy atom. The van der Waals surface area contributed by atoms with Crippen molar-refractivity contribution in [1.82, 2.24) is 24.3 Å². The van der Waals surface area contributed by atoms with Gasteiger partial charge in [-0.15, -0.1) is 0 Å². The number of rotatable bonds is 5. The lowest BCUT2D eigenvalue weighted by Gasteiger charge is -2.31. The monoisotopic (exact) mass is 444 g/mol. The first kappa shape index (κ1) is 20.4. The maximum Gasteiger partial charge on any atom is 0.158 e. The van der Waals surface area contributed by atoms with E-state index in [1.165, 1.54) is 0 Å². The number of anilines is 1. The first-order valence-corrected chi connectivity index (χ1v) is 11.8. The molecule has 170 valence electrons. The summed E-state index contributed by atoms with van der Waals surface area (Å²) < 4.78 is 14.1. The van der Waals surface area contributed by atoms with Crippen LogP contribution in [0.1, 0.15) is 31.4 Å². The fourth-order valence-corrected chi connectivity index (χ4v) is 5.08. The van der Waals surface area contributed by atoms with Crippen molar-refractivity contribution in [3.8, 4) is 5.75 Å². The molecule has 6 rings (SSSR count). The molecule has 0 N–H and O–H groups in total. The van der Waals surface area contributed by atoms with Crippen LogP contribution in [0.5, 0.6) is 5.75 Å². The highest BCUT2D eigenvalue weighted by Gasteiger charge is 2.25. The molecule has 1 aliphatic carbocycles. The molecule has 4 aromatic rings. The number of nitrogens with zero attached hydrogens (tertiary/aromatic N) is 6. The molecule has 2 fully saturated rings. The molecule has 2 aliphatic rings. The second-order valence-corrected chi connectivity index (χ2v) is 8.96. The number of benzene rings is 1. The van der Waals surface area contributed by atoms with Crippen LogP contribution in [0.2, 0.25) is 0 Å². The van der Waals surface area contributed by atoms with Crippen LogP contribution in [-0.2, 0) is 11.2 Å².